The second-order valence-electron chi connectivity index (χ2n) is 6.26. The summed E-state index contributed by atoms with van der Waals surface area (Å²) in [5.74, 6) is 3.16. The molecule has 6 nitrogen and oxygen atoms in total. The standard InChI is InChI=1S/C14H17N3O3/c18-11(1-3-17-4-2-15-13(19)14(17)20)16-12-9-5-7(9)8-6-10(8)12/h2,4,7-10,12H,1,3,5-6H2,(H,15,19)(H,16,18)/t7-,8-,9-,10-/m1/s1. The Morgan fingerprint density at radius 2 is 1.95 bits per heavy atom. The average molecular weight is 275 g/mol. The molecular weight excluding hydrogens is 258 g/mol. The van der Waals surface area contributed by atoms with E-state index in [9.17, 15) is 14.4 Å². The number of aromatic amines is 1. The summed E-state index contributed by atoms with van der Waals surface area (Å²) >= 11 is 0. The Morgan fingerprint density at radius 3 is 2.65 bits per heavy atom. The lowest BCUT2D eigenvalue weighted by Crippen LogP contribution is -2.39. The van der Waals surface area contributed by atoms with Crippen LogP contribution in [0.3, 0.4) is 0 Å². The Kier molecular flexibility index (Phi) is 2.43. The minimum absolute atomic E-state index is 0.0135. The van der Waals surface area contributed by atoms with Crippen LogP contribution in [0.4, 0.5) is 0 Å². The number of carbonyl (C=O) groups excluding carboxylic acids is 1. The van der Waals surface area contributed by atoms with Crippen LogP contribution in [0.1, 0.15) is 19.3 Å². The maximum absolute atomic E-state index is 12.0. The van der Waals surface area contributed by atoms with Crippen LogP contribution >= 0.6 is 0 Å². The molecule has 6 heteroatoms. The van der Waals surface area contributed by atoms with Crippen molar-refractivity contribution in [2.45, 2.75) is 31.8 Å². The van der Waals surface area contributed by atoms with E-state index < -0.39 is 11.1 Å². The molecule has 0 bridgehead atoms. The van der Waals surface area contributed by atoms with Crippen LogP contribution in [0, 0.1) is 23.7 Å². The van der Waals surface area contributed by atoms with Crippen molar-refractivity contribution in [1.82, 2.24) is 14.9 Å². The van der Waals surface area contributed by atoms with Crippen molar-refractivity contribution in [3.63, 3.8) is 0 Å². The first-order valence-corrected chi connectivity index (χ1v) is 7.22. The monoisotopic (exact) mass is 275 g/mol. The highest BCUT2D eigenvalue weighted by Crippen LogP contribution is 2.69. The Bertz CT molecular complexity index is 661. The predicted octanol–water partition coefficient (Wildman–Crippen LogP) is -0.303. The van der Waals surface area contributed by atoms with E-state index in [0.29, 0.717) is 17.9 Å². The molecule has 20 heavy (non-hydrogen) atoms. The first-order valence-electron chi connectivity index (χ1n) is 7.22. The lowest BCUT2D eigenvalue weighted by molar-refractivity contribution is -0.122. The molecule has 1 aromatic heterocycles. The number of rotatable bonds is 4. The molecule has 3 saturated carbocycles. The third-order valence-electron chi connectivity index (χ3n) is 5.09. The van der Waals surface area contributed by atoms with Crippen molar-refractivity contribution in [3.8, 4) is 0 Å². The van der Waals surface area contributed by atoms with Gasteiger partial charge in [-0.15, -0.1) is 0 Å². The van der Waals surface area contributed by atoms with Crippen LogP contribution in [-0.4, -0.2) is 21.5 Å². The van der Waals surface area contributed by atoms with Gasteiger partial charge in [-0.3, -0.25) is 14.4 Å². The normalized spacial score (nSPS) is 36.1. The fourth-order valence-corrected chi connectivity index (χ4v) is 3.93. The first-order chi connectivity index (χ1) is 9.65. The SMILES string of the molecule is O=C(CCn1cc[nH]c(=O)c1=O)NC1[C@@H]2C[C@@H]2[C@H]2C[C@@H]12. The van der Waals surface area contributed by atoms with E-state index in [1.165, 1.54) is 29.8 Å². The molecule has 3 aliphatic carbocycles. The summed E-state index contributed by atoms with van der Waals surface area (Å²) in [4.78, 5) is 37.0. The minimum Gasteiger partial charge on any atom is -0.353 e. The minimum atomic E-state index is -0.648. The van der Waals surface area contributed by atoms with Gasteiger partial charge in [0.05, 0.1) is 0 Å². The topological polar surface area (TPSA) is 84.0 Å². The van der Waals surface area contributed by atoms with Crippen LogP contribution in [-0.2, 0) is 11.3 Å². The number of nitrogens with one attached hydrogen (secondary N) is 2. The van der Waals surface area contributed by atoms with E-state index in [1.54, 1.807) is 0 Å². The number of hydrogen-bond donors (Lipinski definition) is 2. The lowest BCUT2D eigenvalue weighted by Gasteiger charge is -2.16. The maximum atomic E-state index is 12.0. The highest BCUT2D eigenvalue weighted by atomic mass is 16.2. The van der Waals surface area contributed by atoms with Crippen molar-refractivity contribution in [2.24, 2.45) is 23.7 Å². The zero-order valence-electron chi connectivity index (χ0n) is 11.0. The van der Waals surface area contributed by atoms with E-state index in [-0.39, 0.29) is 18.9 Å². The van der Waals surface area contributed by atoms with Gasteiger partial charge in [0, 0.05) is 31.4 Å². The second kappa shape index (κ2) is 4.07. The lowest BCUT2D eigenvalue weighted by atomic mass is 10.1. The quantitative estimate of drug-likeness (QED) is 0.740. The number of H-pyrrole nitrogens is 1. The van der Waals surface area contributed by atoms with Gasteiger partial charge in [-0.1, -0.05) is 0 Å². The third-order valence-corrected chi connectivity index (χ3v) is 5.09. The average Bonchev–Trinajstić information content (AvgIpc) is 3.30. The van der Waals surface area contributed by atoms with Gasteiger partial charge in [0.15, 0.2) is 0 Å². The Labute approximate surface area is 115 Å². The Hall–Kier alpha value is -1.85. The summed E-state index contributed by atoms with van der Waals surface area (Å²) in [6.45, 7) is 0.253. The molecule has 0 saturated heterocycles. The van der Waals surface area contributed by atoms with Gasteiger partial charge in [0.25, 0.3) is 0 Å². The van der Waals surface area contributed by atoms with E-state index >= 15 is 0 Å². The molecule has 106 valence electrons. The summed E-state index contributed by atoms with van der Waals surface area (Å²) in [5.41, 5.74) is -1.25. The number of hydrogen-bond acceptors (Lipinski definition) is 3. The largest absolute Gasteiger partial charge is 0.353 e. The van der Waals surface area contributed by atoms with E-state index in [1.807, 2.05) is 0 Å². The number of aryl methyl sites for hydroxylation is 1. The molecule has 1 amide bonds. The molecule has 0 spiro atoms. The summed E-state index contributed by atoms with van der Waals surface area (Å²) < 4.78 is 1.28. The summed E-state index contributed by atoms with van der Waals surface area (Å²) in [6, 6.07) is 0.369. The molecular formula is C14H17N3O3. The first kappa shape index (κ1) is 11.9. The highest BCUT2D eigenvalue weighted by molar-refractivity contribution is 5.76. The van der Waals surface area contributed by atoms with Crippen molar-refractivity contribution < 1.29 is 4.79 Å². The van der Waals surface area contributed by atoms with Crippen LogP contribution in [0.25, 0.3) is 0 Å². The van der Waals surface area contributed by atoms with Gasteiger partial charge in [0.1, 0.15) is 0 Å². The zero-order valence-corrected chi connectivity index (χ0v) is 11.0. The van der Waals surface area contributed by atoms with Crippen LogP contribution in [0.2, 0.25) is 0 Å². The molecule has 4 atom stereocenters. The van der Waals surface area contributed by atoms with Gasteiger partial charge in [-0.25, -0.2) is 0 Å². The predicted molar refractivity (Wildman–Crippen MR) is 71.1 cm³/mol. The Balaban J connectivity index is 1.35. The fourth-order valence-electron chi connectivity index (χ4n) is 3.93. The zero-order chi connectivity index (χ0) is 13.9. The van der Waals surface area contributed by atoms with Crippen molar-refractivity contribution in [3.05, 3.63) is 33.1 Å². The van der Waals surface area contributed by atoms with Crippen LogP contribution in [0.5, 0.6) is 0 Å². The number of carbonyl (C=O) groups is 1. The molecule has 0 aliphatic heterocycles. The third kappa shape index (κ3) is 1.82. The van der Waals surface area contributed by atoms with Gasteiger partial charge in [0.2, 0.25) is 5.91 Å². The van der Waals surface area contributed by atoms with E-state index in [0.717, 1.165) is 11.8 Å². The molecule has 3 aliphatic rings. The molecule has 2 N–H and O–H groups in total. The smallest absolute Gasteiger partial charge is 0.316 e. The molecule has 1 heterocycles. The molecule has 0 unspecified atom stereocenters. The number of fused-ring (bicyclic) bond motifs is 3. The van der Waals surface area contributed by atoms with E-state index in [4.69, 9.17) is 0 Å². The van der Waals surface area contributed by atoms with E-state index in [2.05, 4.69) is 10.3 Å². The molecule has 4 rings (SSSR count). The molecule has 0 aromatic carbocycles. The van der Waals surface area contributed by atoms with Crippen molar-refractivity contribution >= 4 is 5.91 Å². The summed E-state index contributed by atoms with van der Waals surface area (Å²) in [5, 5.41) is 3.13. The fraction of sp³-hybridized carbons (Fsp3) is 0.643. The second-order valence-corrected chi connectivity index (χ2v) is 6.26. The summed E-state index contributed by atoms with van der Waals surface area (Å²) in [6.07, 6.45) is 5.72. The number of aromatic nitrogens is 2. The van der Waals surface area contributed by atoms with Gasteiger partial charge < -0.3 is 14.9 Å². The highest BCUT2D eigenvalue weighted by Gasteiger charge is 2.67. The number of nitrogens with zero attached hydrogens (tertiary/aromatic N) is 1. The van der Waals surface area contributed by atoms with Gasteiger partial charge in [-0.05, 0) is 36.5 Å². The molecule has 1 aromatic rings. The molecule has 3 fully saturated rings. The Morgan fingerprint density at radius 1 is 1.25 bits per heavy atom. The number of amides is 1. The van der Waals surface area contributed by atoms with Crippen molar-refractivity contribution in [1.29, 1.82) is 0 Å². The van der Waals surface area contributed by atoms with Crippen LogP contribution in [0.15, 0.2) is 22.0 Å². The van der Waals surface area contributed by atoms with Gasteiger partial charge >= 0.3 is 11.1 Å². The van der Waals surface area contributed by atoms with Crippen LogP contribution < -0.4 is 16.4 Å². The molecule has 0 radical (unpaired) electrons. The summed E-state index contributed by atoms with van der Waals surface area (Å²) in [7, 11) is 0. The van der Waals surface area contributed by atoms with Gasteiger partial charge in [-0.2, -0.15) is 0 Å². The van der Waals surface area contributed by atoms with Crippen molar-refractivity contribution in [2.75, 3.05) is 0 Å². The maximum Gasteiger partial charge on any atom is 0.316 e.